The zero-order chi connectivity index (χ0) is 31.0. The number of fused-ring (bicyclic) bond motifs is 3. The van der Waals surface area contributed by atoms with E-state index < -0.39 is 12.0 Å². The number of hydrogen-bond acceptors (Lipinski definition) is 8. The van der Waals surface area contributed by atoms with Gasteiger partial charge in [0.2, 0.25) is 0 Å². The summed E-state index contributed by atoms with van der Waals surface area (Å²) in [4.78, 5) is 32.1. The highest BCUT2D eigenvalue weighted by Crippen LogP contribution is 2.39. The highest BCUT2D eigenvalue weighted by Gasteiger charge is 2.32. The van der Waals surface area contributed by atoms with Crippen LogP contribution >= 0.6 is 22.9 Å². The third kappa shape index (κ3) is 5.73. The quantitative estimate of drug-likeness (QED) is 0.152. The molecule has 11 heteroatoms. The topological polar surface area (TPSA) is 124 Å². The zero-order valence-corrected chi connectivity index (χ0v) is 25.9. The molecule has 1 aliphatic heterocycles. The Hall–Kier alpha value is -4.80. The van der Waals surface area contributed by atoms with Gasteiger partial charge in [0.05, 0.1) is 23.5 Å². The number of carbonyl (C=O) groups is 2. The summed E-state index contributed by atoms with van der Waals surface area (Å²) < 4.78 is 7.66. The minimum absolute atomic E-state index is 0.0266. The number of para-hydroxylation sites is 2. The molecule has 0 unspecified atom stereocenters. The van der Waals surface area contributed by atoms with Crippen molar-refractivity contribution in [1.29, 1.82) is 0 Å². The number of aromatic nitrogens is 3. The molecule has 1 atom stereocenters. The van der Waals surface area contributed by atoms with Gasteiger partial charge in [0.1, 0.15) is 23.5 Å². The fraction of sp³-hybridized carbons (Fsp3) is 0.182. The Labute approximate surface area is 263 Å². The molecule has 0 spiro atoms. The van der Waals surface area contributed by atoms with Crippen molar-refractivity contribution in [3.8, 4) is 5.00 Å². The zero-order valence-electron chi connectivity index (χ0n) is 24.3. The van der Waals surface area contributed by atoms with Gasteiger partial charge in [-0.1, -0.05) is 48.0 Å². The number of hydrogen-bond donors (Lipinski definition) is 2. The largest absolute Gasteiger partial charge is 0.461 e. The van der Waals surface area contributed by atoms with Crippen LogP contribution in [0.2, 0.25) is 5.02 Å². The molecule has 0 fully saturated rings. The van der Waals surface area contributed by atoms with Crippen molar-refractivity contribution < 1.29 is 14.3 Å². The molecule has 3 heterocycles. The lowest BCUT2D eigenvalue weighted by Gasteiger charge is -2.13. The van der Waals surface area contributed by atoms with Crippen LogP contribution in [0.3, 0.4) is 0 Å². The summed E-state index contributed by atoms with van der Waals surface area (Å²) in [7, 11) is 0. The number of amides is 1. The summed E-state index contributed by atoms with van der Waals surface area (Å²) in [6.07, 6.45) is -0.0266. The van der Waals surface area contributed by atoms with E-state index >= 15 is 0 Å². The van der Waals surface area contributed by atoms with E-state index in [2.05, 4.69) is 29.4 Å². The molecule has 3 N–H and O–H groups in total. The number of aliphatic imine (C=N–C) groups is 1. The van der Waals surface area contributed by atoms with Gasteiger partial charge in [-0.15, -0.1) is 21.5 Å². The van der Waals surface area contributed by atoms with Gasteiger partial charge in [-0.2, -0.15) is 0 Å². The number of nitrogens with one attached hydrogen (secondary N) is 1. The predicted molar refractivity (Wildman–Crippen MR) is 173 cm³/mol. The van der Waals surface area contributed by atoms with Gasteiger partial charge in [0.15, 0.2) is 5.82 Å². The molecule has 0 bridgehead atoms. The number of nitrogens with zero attached hydrogens (tertiary/aromatic N) is 4. The molecule has 222 valence electrons. The van der Waals surface area contributed by atoms with Crippen LogP contribution in [0.4, 0.5) is 11.4 Å². The predicted octanol–water partition coefficient (Wildman–Crippen LogP) is 6.77. The normalized spacial score (nSPS) is 13.8. The number of carbonyl (C=O) groups excluding carboxylic acids is 2. The standard InChI is InChI=1S/C33H29ClN6O3S/c1-18-19(2)44-33-29(18)30(22-12-14-24(34)15-13-22)36-27(31-39-38-20(3)40(31)33)16-28(41)43-17-21-8-10-23(11-9-21)32(42)37-26-7-5-4-6-25(26)35/h4-15,27H,16-17,35H2,1-3H3,(H,37,42)/t27-/m1/s1. The maximum absolute atomic E-state index is 13.2. The third-order valence-corrected chi connectivity index (χ3v) is 8.99. The van der Waals surface area contributed by atoms with E-state index in [4.69, 9.17) is 27.1 Å². The Kier molecular flexibility index (Phi) is 8.03. The molecule has 6 rings (SSSR count). The summed E-state index contributed by atoms with van der Waals surface area (Å²) in [5.41, 5.74) is 11.9. The van der Waals surface area contributed by atoms with Crippen molar-refractivity contribution >= 4 is 51.9 Å². The molecule has 5 aromatic rings. The first kappa shape index (κ1) is 29.3. The van der Waals surface area contributed by atoms with E-state index in [-0.39, 0.29) is 18.9 Å². The molecule has 2 aromatic heterocycles. The van der Waals surface area contributed by atoms with Crippen molar-refractivity contribution in [2.75, 3.05) is 11.1 Å². The summed E-state index contributed by atoms with van der Waals surface area (Å²) in [6, 6.07) is 20.8. The van der Waals surface area contributed by atoms with E-state index in [0.29, 0.717) is 33.6 Å². The highest BCUT2D eigenvalue weighted by molar-refractivity contribution is 7.15. The second kappa shape index (κ2) is 12.1. The van der Waals surface area contributed by atoms with E-state index in [0.717, 1.165) is 33.0 Å². The molecule has 0 saturated carbocycles. The maximum atomic E-state index is 13.2. The van der Waals surface area contributed by atoms with Crippen LogP contribution in [0.15, 0.2) is 77.8 Å². The van der Waals surface area contributed by atoms with Crippen molar-refractivity contribution in [3.05, 3.63) is 122 Å². The fourth-order valence-electron chi connectivity index (χ4n) is 5.07. The van der Waals surface area contributed by atoms with Crippen LogP contribution in [-0.2, 0) is 16.1 Å². The smallest absolute Gasteiger partial charge is 0.308 e. The lowest BCUT2D eigenvalue weighted by Crippen LogP contribution is -2.14. The second-order valence-corrected chi connectivity index (χ2v) is 12.1. The van der Waals surface area contributed by atoms with Crippen LogP contribution in [0.25, 0.3) is 5.00 Å². The molecular weight excluding hydrogens is 596 g/mol. The SMILES string of the molecule is Cc1sc2c(c1C)C(c1ccc(Cl)cc1)=N[C@H](CC(=O)OCc1ccc(C(=O)Nc3ccccc3N)cc1)c1nnc(C)n1-2. The number of aryl methyl sites for hydroxylation is 2. The van der Waals surface area contributed by atoms with Gasteiger partial charge >= 0.3 is 5.97 Å². The minimum Gasteiger partial charge on any atom is -0.461 e. The molecule has 0 radical (unpaired) electrons. The number of anilines is 2. The average molecular weight is 625 g/mol. The Morgan fingerprint density at radius 3 is 2.45 bits per heavy atom. The average Bonchev–Trinajstić information content (AvgIpc) is 3.49. The van der Waals surface area contributed by atoms with Crippen LogP contribution < -0.4 is 11.1 Å². The van der Waals surface area contributed by atoms with Gasteiger partial charge in [-0.3, -0.25) is 19.1 Å². The van der Waals surface area contributed by atoms with Gasteiger partial charge in [0, 0.05) is 26.6 Å². The molecule has 0 saturated heterocycles. The van der Waals surface area contributed by atoms with Crippen LogP contribution in [0.1, 0.15) is 61.6 Å². The first-order chi connectivity index (χ1) is 21.2. The van der Waals surface area contributed by atoms with Gasteiger partial charge in [-0.25, -0.2) is 0 Å². The van der Waals surface area contributed by atoms with Crippen LogP contribution in [0, 0.1) is 20.8 Å². The Morgan fingerprint density at radius 2 is 1.73 bits per heavy atom. The molecule has 44 heavy (non-hydrogen) atoms. The number of halogens is 1. The fourth-order valence-corrected chi connectivity index (χ4v) is 6.41. The van der Waals surface area contributed by atoms with E-state index in [1.165, 1.54) is 4.88 Å². The Bertz CT molecular complexity index is 1910. The van der Waals surface area contributed by atoms with Crippen molar-refractivity contribution in [2.45, 2.75) is 39.8 Å². The number of nitrogen functional groups attached to an aromatic ring is 1. The summed E-state index contributed by atoms with van der Waals surface area (Å²) in [5, 5.41) is 13.2. The van der Waals surface area contributed by atoms with Gasteiger partial charge in [0.25, 0.3) is 5.91 Å². The molecule has 3 aromatic carbocycles. The maximum Gasteiger partial charge on any atom is 0.308 e. The molecule has 0 aliphatic carbocycles. The summed E-state index contributed by atoms with van der Waals surface area (Å²) in [5.74, 6) is 0.585. The molecule has 1 aliphatic rings. The molecule has 1 amide bonds. The van der Waals surface area contributed by atoms with Crippen molar-refractivity contribution in [1.82, 2.24) is 14.8 Å². The van der Waals surface area contributed by atoms with Crippen LogP contribution in [0.5, 0.6) is 0 Å². The van der Waals surface area contributed by atoms with Crippen molar-refractivity contribution in [2.24, 2.45) is 4.99 Å². The second-order valence-electron chi connectivity index (χ2n) is 10.5. The van der Waals surface area contributed by atoms with Gasteiger partial charge < -0.3 is 15.8 Å². The third-order valence-electron chi connectivity index (χ3n) is 7.54. The Morgan fingerprint density at radius 1 is 1.00 bits per heavy atom. The number of benzene rings is 3. The summed E-state index contributed by atoms with van der Waals surface area (Å²) in [6.45, 7) is 6.10. The first-order valence-corrected chi connectivity index (χ1v) is 15.2. The number of esters is 1. The number of nitrogens with two attached hydrogens (primary N) is 1. The molecule has 9 nitrogen and oxygen atoms in total. The lowest BCUT2D eigenvalue weighted by molar-refractivity contribution is -0.145. The lowest BCUT2D eigenvalue weighted by atomic mass is 9.99. The van der Waals surface area contributed by atoms with E-state index in [1.54, 1.807) is 59.9 Å². The number of ether oxygens (including phenoxy) is 1. The van der Waals surface area contributed by atoms with Crippen molar-refractivity contribution in [3.63, 3.8) is 0 Å². The summed E-state index contributed by atoms with van der Waals surface area (Å²) >= 11 is 7.85. The van der Waals surface area contributed by atoms with E-state index in [1.807, 2.05) is 35.8 Å². The van der Waals surface area contributed by atoms with Crippen LogP contribution in [-0.4, -0.2) is 32.4 Å². The van der Waals surface area contributed by atoms with Gasteiger partial charge in [-0.05, 0) is 68.3 Å². The number of rotatable bonds is 7. The highest BCUT2D eigenvalue weighted by atomic mass is 35.5. The van der Waals surface area contributed by atoms with E-state index in [9.17, 15) is 9.59 Å². The first-order valence-electron chi connectivity index (χ1n) is 14.0. The molecular formula is C33H29ClN6O3S. The minimum atomic E-state index is -0.620. The Balaban J connectivity index is 1.21. The number of thiophene rings is 1. The monoisotopic (exact) mass is 624 g/mol.